The van der Waals surface area contributed by atoms with Crippen molar-refractivity contribution in [3.8, 4) is 17.0 Å². The molecule has 0 aliphatic carbocycles. The summed E-state index contributed by atoms with van der Waals surface area (Å²) in [7, 11) is 0. The second-order valence-corrected chi connectivity index (χ2v) is 6.05. The highest BCUT2D eigenvalue weighted by Gasteiger charge is 2.08. The van der Waals surface area contributed by atoms with Crippen molar-refractivity contribution in [2.24, 2.45) is 5.73 Å². The van der Waals surface area contributed by atoms with Gasteiger partial charge >= 0.3 is 0 Å². The molecule has 1 aromatic heterocycles. The van der Waals surface area contributed by atoms with Crippen molar-refractivity contribution in [3.05, 3.63) is 70.5 Å². The van der Waals surface area contributed by atoms with Gasteiger partial charge in [0.25, 0.3) is 0 Å². The summed E-state index contributed by atoms with van der Waals surface area (Å²) < 4.78 is 5.86. The third-order valence-corrected chi connectivity index (χ3v) is 4.34. The fourth-order valence-electron chi connectivity index (χ4n) is 2.12. The van der Waals surface area contributed by atoms with E-state index < -0.39 is 0 Å². The summed E-state index contributed by atoms with van der Waals surface area (Å²) in [5.74, 6) is 0.844. The van der Waals surface area contributed by atoms with Crippen molar-refractivity contribution in [1.29, 1.82) is 0 Å². The Morgan fingerprint density at radius 3 is 2.68 bits per heavy atom. The number of hydrogen-bond acceptors (Lipinski definition) is 4. The summed E-state index contributed by atoms with van der Waals surface area (Å²) in [6.07, 6.45) is 0. The standard InChI is InChI=1S/C18H18N2OS/c1-13(19)18-20-17(12-22-18)15-8-5-9-16(10-15)21-11-14-6-3-2-4-7-14/h2-10,12-13H,11,19H2,1H3. The molecule has 2 aromatic carbocycles. The Kier molecular flexibility index (Phi) is 4.51. The van der Waals surface area contributed by atoms with Gasteiger partial charge in [0.1, 0.15) is 17.4 Å². The minimum absolute atomic E-state index is 0.0312. The molecule has 3 rings (SSSR count). The van der Waals surface area contributed by atoms with Crippen LogP contribution in [-0.2, 0) is 6.61 Å². The number of nitrogens with two attached hydrogens (primary N) is 1. The SMILES string of the molecule is CC(N)c1nc(-c2cccc(OCc3ccccc3)c2)cs1. The molecule has 4 heteroatoms. The lowest BCUT2D eigenvalue weighted by atomic mass is 10.1. The zero-order valence-corrected chi connectivity index (χ0v) is 13.2. The smallest absolute Gasteiger partial charge is 0.120 e. The normalized spacial score (nSPS) is 12.1. The van der Waals surface area contributed by atoms with Gasteiger partial charge in [-0.05, 0) is 24.6 Å². The molecule has 0 bridgehead atoms. The molecule has 0 spiro atoms. The number of benzene rings is 2. The summed E-state index contributed by atoms with van der Waals surface area (Å²) >= 11 is 1.59. The molecule has 0 fully saturated rings. The van der Waals surface area contributed by atoms with E-state index in [1.54, 1.807) is 11.3 Å². The van der Waals surface area contributed by atoms with E-state index in [9.17, 15) is 0 Å². The van der Waals surface area contributed by atoms with Gasteiger partial charge in [0.2, 0.25) is 0 Å². The number of hydrogen-bond donors (Lipinski definition) is 1. The van der Waals surface area contributed by atoms with Crippen LogP contribution in [-0.4, -0.2) is 4.98 Å². The van der Waals surface area contributed by atoms with Gasteiger partial charge in [0, 0.05) is 10.9 Å². The van der Waals surface area contributed by atoms with E-state index >= 15 is 0 Å². The van der Waals surface area contributed by atoms with Crippen LogP contribution >= 0.6 is 11.3 Å². The highest BCUT2D eigenvalue weighted by atomic mass is 32.1. The molecule has 3 nitrogen and oxygen atoms in total. The van der Waals surface area contributed by atoms with Crippen molar-refractivity contribution >= 4 is 11.3 Å². The van der Waals surface area contributed by atoms with Crippen LogP contribution in [0.5, 0.6) is 5.75 Å². The molecule has 2 N–H and O–H groups in total. The lowest BCUT2D eigenvalue weighted by Crippen LogP contribution is -2.03. The Hall–Kier alpha value is -2.17. The molecule has 0 aliphatic rings. The van der Waals surface area contributed by atoms with E-state index in [0.29, 0.717) is 6.61 Å². The molecule has 22 heavy (non-hydrogen) atoms. The highest BCUT2D eigenvalue weighted by molar-refractivity contribution is 7.10. The van der Waals surface area contributed by atoms with Crippen molar-refractivity contribution in [1.82, 2.24) is 4.98 Å². The molecule has 0 saturated carbocycles. The van der Waals surface area contributed by atoms with Crippen molar-refractivity contribution < 1.29 is 4.74 Å². The van der Waals surface area contributed by atoms with Crippen molar-refractivity contribution in [2.45, 2.75) is 19.6 Å². The Balaban J connectivity index is 1.74. The van der Waals surface area contributed by atoms with E-state index in [2.05, 4.69) is 17.1 Å². The van der Waals surface area contributed by atoms with Gasteiger partial charge < -0.3 is 10.5 Å². The molecule has 0 aliphatic heterocycles. The molecule has 3 aromatic rings. The molecule has 1 unspecified atom stereocenters. The fraction of sp³-hybridized carbons (Fsp3) is 0.167. The largest absolute Gasteiger partial charge is 0.489 e. The molecule has 112 valence electrons. The Labute approximate surface area is 134 Å². The lowest BCUT2D eigenvalue weighted by Gasteiger charge is -2.07. The van der Waals surface area contributed by atoms with Crippen LogP contribution in [0, 0.1) is 0 Å². The van der Waals surface area contributed by atoms with Crippen LogP contribution in [0.15, 0.2) is 60.0 Å². The monoisotopic (exact) mass is 310 g/mol. The molecular weight excluding hydrogens is 292 g/mol. The first kappa shape index (κ1) is 14.8. The van der Waals surface area contributed by atoms with Crippen molar-refractivity contribution in [2.75, 3.05) is 0 Å². The minimum atomic E-state index is -0.0312. The van der Waals surface area contributed by atoms with Crippen LogP contribution in [0.3, 0.4) is 0 Å². The number of ether oxygens (including phenoxy) is 1. The maximum absolute atomic E-state index is 5.87. The van der Waals surface area contributed by atoms with Crippen LogP contribution in [0.1, 0.15) is 23.5 Å². The zero-order chi connectivity index (χ0) is 15.4. The molecular formula is C18H18N2OS. The second kappa shape index (κ2) is 6.73. The van der Waals surface area contributed by atoms with E-state index in [-0.39, 0.29) is 6.04 Å². The summed E-state index contributed by atoms with van der Waals surface area (Å²) in [5.41, 5.74) is 9.02. The third kappa shape index (κ3) is 3.53. The third-order valence-electron chi connectivity index (χ3n) is 3.29. The predicted molar refractivity (Wildman–Crippen MR) is 90.9 cm³/mol. The maximum atomic E-state index is 5.87. The fourth-order valence-corrected chi connectivity index (χ4v) is 2.90. The van der Waals surface area contributed by atoms with Gasteiger partial charge in [0.15, 0.2) is 0 Å². The van der Waals surface area contributed by atoms with Gasteiger partial charge in [-0.25, -0.2) is 4.98 Å². The predicted octanol–water partition coefficient (Wildman–Crippen LogP) is 4.41. The van der Waals surface area contributed by atoms with Gasteiger partial charge in [-0.1, -0.05) is 42.5 Å². The zero-order valence-electron chi connectivity index (χ0n) is 12.4. The molecule has 1 atom stereocenters. The topological polar surface area (TPSA) is 48.1 Å². The molecule has 0 saturated heterocycles. The number of nitrogens with zero attached hydrogens (tertiary/aromatic N) is 1. The van der Waals surface area contributed by atoms with Gasteiger partial charge in [-0.3, -0.25) is 0 Å². The number of aromatic nitrogens is 1. The first-order valence-electron chi connectivity index (χ1n) is 7.20. The lowest BCUT2D eigenvalue weighted by molar-refractivity contribution is 0.306. The van der Waals surface area contributed by atoms with Crippen LogP contribution in [0.25, 0.3) is 11.3 Å². The van der Waals surface area contributed by atoms with E-state index in [1.165, 1.54) is 0 Å². The van der Waals surface area contributed by atoms with E-state index in [4.69, 9.17) is 10.5 Å². The number of rotatable bonds is 5. The molecule has 1 heterocycles. The van der Waals surface area contributed by atoms with E-state index in [0.717, 1.165) is 27.6 Å². The summed E-state index contributed by atoms with van der Waals surface area (Å²) in [4.78, 5) is 4.58. The quantitative estimate of drug-likeness (QED) is 0.759. The Bertz CT molecular complexity index is 738. The van der Waals surface area contributed by atoms with Crippen LogP contribution in [0.4, 0.5) is 0 Å². The van der Waals surface area contributed by atoms with Crippen molar-refractivity contribution in [3.63, 3.8) is 0 Å². The molecule has 0 radical (unpaired) electrons. The average molecular weight is 310 g/mol. The Morgan fingerprint density at radius 1 is 1.14 bits per heavy atom. The summed E-state index contributed by atoms with van der Waals surface area (Å²) in [5, 5.41) is 2.99. The van der Waals surface area contributed by atoms with Gasteiger partial charge in [0.05, 0.1) is 11.7 Å². The minimum Gasteiger partial charge on any atom is -0.489 e. The average Bonchev–Trinajstić information content (AvgIpc) is 3.05. The maximum Gasteiger partial charge on any atom is 0.120 e. The van der Waals surface area contributed by atoms with Gasteiger partial charge in [-0.15, -0.1) is 11.3 Å². The first-order chi connectivity index (χ1) is 10.7. The van der Waals surface area contributed by atoms with E-state index in [1.807, 2.05) is 54.8 Å². The number of thiazole rings is 1. The highest BCUT2D eigenvalue weighted by Crippen LogP contribution is 2.27. The Morgan fingerprint density at radius 2 is 1.95 bits per heavy atom. The molecule has 0 amide bonds. The summed E-state index contributed by atoms with van der Waals surface area (Å²) in [6, 6.07) is 18.1. The van der Waals surface area contributed by atoms with Gasteiger partial charge in [-0.2, -0.15) is 0 Å². The van der Waals surface area contributed by atoms with Crippen LogP contribution < -0.4 is 10.5 Å². The van der Waals surface area contributed by atoms with Crippen LogP contribution in [0.2, 0.25) is 0 Å². The summed E-state index contributed by atoms with van der Waals surface area (Å²) in [6.45, 7) is 2.51. The second-order valence-electron chi connectivity index (χ2n) is 5.16. The first-order valence-corrected chi connectivity index (χ1v) is 8.08.